The van der Waals surface area contributed by atoms with Crippen LogP contribution in [0.4, 0.5) is 5.69 Å². The molecule has 0 aliphatic rings. The maximum absolute atomic E-state index is 12.4. The number of hydrogen-bond acceptors (Lipinski definition) is 4. The van der Waals surface area contributed by atoms with Crippen LogP contribution in [0.2, 0.25) is 10.0 Å². The van der Waals surface area contributed by atoms with Gasteiger partial charge < -0.3 is 15.0 Å². The van der Waals surface area contributed by atoms with E-state index in [0.717, 1.165) is 0 Å². The Morgan fingerprint density at radius 1 is 1.15 bits per heavy atom. The van der Waals surface area contributed by atoms with Crippen molar-refractivity contribution in [1.82, 2.24) is 9.88 Å². The predicted octanol–water partition coefficient (Wildman–Crippen LogP) is 4.13. The Kier molecular flexibility index (Phi) is 6.45. The monoisotopic (exact) mass is 395 g/mol. The van der Waals surface area contributed by atoms with Gasteiger partial charge >= 0.3 is 0 Å². The van der Waals surface area contributed by atoms with Crippen LogP contribution < -0.4 is 10.1 Å². The van der Waals surface area contributed by atoms with E-state index in [1.165, 1.54) is 23.2 Å². The Balaban J connectivity index is 2.21. The minimum Gasteiger partial charge on any atom is -0.474 e. The molecule has 1 heterocycles. The van der Waals surface area contributed by atoms with Crippen molar-refractivity contribution >= 4 is 40.7 Å². The number of carbonyl (C=O) groups excluding carboxylic acids is 2. The number of aromatic nitrogens is 1. The molecule has 0 saturated heterocycles. The van der Waals surface area contributed by atoms with Crippen LogP contribution in [0.1, 0.15) is 34.6 Å². The Morgan fingerprint density at radius 3 is 2.42 bits per heavy atom. The average Bonchev–Trinajstić information content (AvgIpc) is 2.57. The van der Waals surface area contributed by atoms with Gasteiger partial charge in [-0.1, -0.05) is 23.2 Å². The Morgan fingerprint density at radius 2 is 1.85 bits per heavy atom. The molecule has 0 fully saturated rings. The largest absolute Gasteiger partial charge is 0.474 e. The first-order valence-corrected chi connectivity index (χ1v) is 8.59. The highest BCUT2D eigenvalue weighted by atomic mass is 35.5. The molecule has 0 unspecified atom stereocenters. The number of nitrogens with one attached hydrogen (secondary N) is 1. The summed E-state index contributed by atoms with van der Waals surface area (Å²) in [6.07, 6.45) is 1.29. The van der Waals surface area contributed by atoms with E-state index >= 15 is 0 Å². The van der Waals surface area contributed by atoms with E-state index in [0.29, 0.717) is 16.3 Å². The fraction of sp³-hybridized carbons (Fsp3) is 0.278. The van der Waals surface area contributed by atoms with Gasteiger partial charge in [0.05, 0.1) is 22.3 Å². The first-order chi connectivity index (χ1) is 12.2. The summed E-state index contributed by atoms with van der Waals surface area (Å²) in [7, 11) is 3.25. The number of benzene rings is 1. The van der Waals surface area contributed by atoms with Gasteiger partial charge in [0.15, 0.2) is 0 Å². The van der Waals surface area contributed by atoms with Crippen LogP contribution in [-0.2, 0) is 0 Å². The molecule has 6 nitrogen and oxygen atoms in total. The molecule has 0 atom stereocenters. The Bertz CT molecular complexity index is 838. The molecular formula is C18H19Cl2N3O3. The highest BCUT2D eigenvalue weighted by molar-refractivity contribution is 6.34. The third-order valence-electron chi connectivity index (χ3n) is 3.28. The smallest absolute Gasteiger partial charge is 0.257 e. The summed E-state index contributed by atoms with van der Waals surface area (Å²) in [6, 6.07) is 6.16. The summed E-state index contributed by atoms with van der Waals surface area (Å²) in [5.41, 5.74) is 0.996. The van der Waals surface area contributed by atoms with Crippen molar-refractivity contribution in [2.75, 3.05) is 19.4 Å². The topological polar surface area (TPSA) is 71.5 Å². The maximum Gasteiger partial charge on any atom is 0.257 e. The Labute approximate surface area is 162 Å². The van der Waals surface area contributed by atoms with Gasteiger partial charge in [-0.25, -0.2) is 4.98 Å². The third kappa shape index (κ3) is 4.86. The van der Waals surface area contributed by atoms with Crippen molar-refractivity contribution in [2.45, 2.75) is 20.0 Å². The zero-order valence-electron chi connectivity index (χ0n) is 14.8. The summed E-state index contributed by atoms with van der Waals surface area (Å²) in [5.74, 6) is -0.407. The van der Waals surface area contributed by atoms with Crippen molar-refractivity contribution in [3.05, 3.63) is 51.6 Å². The van der Waals surface area contributed by atoms with Gasteiger partial charge in [-0.3, -0.25) is 9.59 Å². The lowest BCUT2D eigenvalue weighted by Crippen LogP contribution is -2.22. The molecule has 2 aromatic rings. The SMILES string of the molecule is CC(C)Oc1ncc(C(=O)Nc2ccc(Cl)c(C(=O)N(C)C)c2)cc1Cl. The third-order valence-corrected chi connectivity index (χ3v) is 3.88. The van der Waals surface area contributed by atoms with Crippen LogP contribution in [-0.4, -0.2) is 41.9 Å². The molecular weight excluding hydrogens is 377 g/mol. The van der Waals surface area contributed by atoms with E-state index in [2.05, 4.69) is 10.3 Å². The molecule has 0 radical (unpaired) electrons. The van der Waals surface area contributed by atoms with Crippen LogP contribution in [0.3, 0.4) is 0 Å². The van der Waals surface area contributed by atoms with E-state index in [1.807, 2.05) is 13.8 Å². The van der Waals surface area contributed by atoms with Gasteiger partial charge in [0.25, 0.3) is 11.8 Å². The predicted molar refractivity (Wildman–Crippen MR) is 102 cm³/mol. The highest BCUT2D eigenvalue weighted by Crippen LogP contribution is 2.25. The van der Waals surface area contributed by atoms with Crippen molar-refractivity contribution in [3.8, 4) is 5.88 Å². The van der Waals surface area contributed by atoms with Gasteiger partial charge in [0.2, 0.25) is 5.88 Å². The van der Waals surface area contributed by atoms with E-state index in [1.54, 1.807) is 26.2 Å². The van der Waals surface area contributed by atoms with Gasteiger partial charge in [0.1, 0.15) is 5.02 Å². The lowest BCUT2D eigenvalue weighted by atomic mass is 10.1. The summed E-state index contributed by atoms with van der Waals surface area (Å²) >= 11 is 12.2. The number of carbonyl (C=O) groups is 2. The minimum atomic E-state index is -0.416. The van der Waals surface area contributed by atoms with Crippen LogP contribution in [0, 0.1) is 0 Å². The summed E-state index contributed by atoms with van der Waals surface area (Å²) in [5, 5.41) is 3.25. The number of ether oxygens (including phenoxy) is 1. The van der Waals surface area contributed by atoms with Gasteiger partial charge in [-0.05, 0) is 38.1 Å². The molecule has 26 heavy (non-hydrogen) atoms. The Hall–Kier alpha value is -2.31. The van der Waals surface area contributed by atoms with Crippen LogP contribution >= 0.6 is 23.2 Å². The normalized spacial score (nSPS) is 10.6. The van der Waals surface area contributed by atoms with Crippen molar-refractivity contribution < 1.29 is 14.3 Å². The van der Waals surface area contributed by atoms with E-state index < -0.39 is 5.91 Å². The second-order valence-corrected chi connectivity index (χ2v) is 6.84. The van der Waals surface area contributed by atoms with Crippen LogP contribution in [0.25, 0.3) is 0 Å². The van der Waals surface area contributed by atoms with E-state index in [9.17, 15) is 9.59 Å². The summed E-state index contributed by atoms with van der Waals surface area (Å²) in [4.78, 5) is 30.0. The molecule has 8 heteroatoms. The highest BCUT2D eigenvalue weighted by Gasteiger charge is 2.16. The molecule has 2 amide bonds. The number of halogens is 2. The fourth-order valence-electron chi connectivity index (χ4n) is 2.07. The van der Waals surface area contributed by atoms with Crippen LogP contribution in [0.5, 0.6) is 5.88 Å². The number of nitrogens with zero attached hydrogens (tertiary/aromatic N) is 2. The van der Waals surface area contributed by atoms with Crippen LogP contribution in [0.15, 0.2) is 30.5 Å². The molecule has 0 bridgehead atoms. The number of rotatable bonds is 5. The van der Waals surface area contributed by atoms with Gasteiger partial charge in [-0.2, -0.15) is 0 Å². The number of pyridine rings is 1. The molecule has 1 aromatic carbocycles. The molecule has 2 rings (SSSR count). The van der Waals surface area contributed by atoms with E-state index in [4.69, 9.17) is 27.9 Å². The first-order valence-electron chi connectivity index (χ1n) is 7.83. The molecule has 0 spiro atoms. The number of hydrogen-bond donors (Lipinski definition) is 1. The van der Waals surface area contributed by atoms with Gasteiger partial charge in [0, 0.05) is 26.0 Å². The lowest BCUT2D eigenvalue weighted by molar-refractivity contribution is 0.0827. The lowest BCUT2D eigenvalue weighted by Gasteiger charge is -2.14. The standard InChI is InChI=1S/C18H19Cl2N3O3/c1-10(2)26-17-15(20)7-11(9-21-17)16(24)22-12-5-6-14(19)13(8-12)18(25)23(3)4/h5-10H,1-4H3,(H,22,24). The first kappa shape index (κ1) is 20.0. The number of amides is 2. The molecule has 0 saturated carbocycles. The molecule has 0 aliphatic carbocycles. The molecule has 1 aromatic heterocycles. The van der Waals surface area contributed by atoms with Crippen molar-refractivity contribution in [2.24, 2.45) is 0 Å². The van der Waals surface area contributed by atoms with Gasteiger partial charge in [-0.15, -0.1) is 0 Å². The second-order valence-electron chi connectivity index (χ2n) is 6.03. The number of anilines is 1. The van der Waals surface area contributed by atoms with E-state index in [-0.39, 0.29) is 28.5 Å². The molecule has 138 valence electrons. The average molecular weight is 396 g/mol. The fourth-order valence-corrected chi connectivity index (χ4v) is 2.48. The van der Waals surface area contributed by atoms with Crippen molar-refractivity contribution in [3.63, 3.8) is 0 Å². The molecule has 0 aliphatic heterocycles. The second kappa shape index (κ2) is 8.38. The summed E-state index contributed by atoms with van der Waals surface area (Å²) in [6.45, 7) is 3.71. The maximum atomic E-state index is 12.4. The quantitative estimate of drug-likeness (QED) is 0.825. The van der Waals surface area contributed by atoms with Crippen molar-refractivity contribution in [1.29, 1.82) is 0 Å². The minimum absolute atomic E-state index is 0.0820. The molecule has 1 N–H and O–H groups in total. The zero-order valence-corrected chi connectivity index (χ0v) is 16.4. The zero-order chi connectivity index (χ0) is 19.4. The summed E-state index contributed by atoms with van der Waals surface area (Å²) < 4.78 is 5.44.